The normalized spacial score (nSPS) is 32.8. The van der Waals surface area contributed by atoms with E-state index >= 15 is 0 Å². The second kappa shape index (κ2) is 6.36. The molecule has 1 heterocycles. The maximum Gasteiger partial charge on any atom is 0.454 e. The molecule has 0 unspecified atom stereocenters. The highest BCUT2D eigenvalue weighted by atomic mass is 28.5. The van der Waals surface area contributed by atoms with Crippen molar-refractivity contribution >= 4 is 48.6 Å². The van der Waals surface area contributed by atoms with Gasteiger partial charge >= 0.3 is 9.53 Å². The Morgan fingerprint density at radius 3 is 2.17 bits per heavy atom. The molecule has 10 heteroatoms. The van der Waals surface area contributed by atoms with Crippen LogP contribution in [0.25, 0.3) is 0 Å². The van der Waals surface area contributed by atoms with Crippen LogP contribution in [0, 0.1) is 0 Å². The second-order valence-corrected chi connectivity index (χ2v) is 13.0. The molecule has 0 aromatic heterocycles. The minimum absolute atomic E-state index is 0.747. The largest absolute Gasteiger partial charge is 0.454 e. The van der Waals surface area contributed by atoms with E-state index in [2.05, 4.69) is 13.1 Å². The zero-order chi connectivity index (χ0) is 8.81. The summed E-state index contributed by atoms with van der Waals surface area (Å²) in [5, 5.41) is 0. The highest BCUT2D eigenvalue weighted by Gasteiger charge is 2.18. The van der Waals surface area contributed by atoms with Crippen LogP contribution in [-0.4, -0.2) is 48.6 Å². The Morgan fingerprint density at radius 2 is 1.67 bits per heavy atom. The molecule has 1 aliphatic rings. The molecule has 0 radical (unpaired) electrons. The molecule has 1 fully saturated rings. The minimum Gasteiger partial charge on any atom is -0.425 e. The van der Waals surface area contributed by atoms with Crippen LogP contribution in [0.15, 0.2) is 0 Å². The summed E-state index contributed by atoms with van der Waals surface area (Å²) in [4.78, 5) is 0. The highest BCUT2D eigenvalue weighted by molar-refractivity contribution is 6.64. The maximum absolute atomic E-state index is 5.58. The van der Waals surface area contributed by atoms with Crippen molar-refractivity contribution < 1.29 is 20.6 Å². The van der Waals surface area contributed by atoms with E-state index in [-0.39, 0.29) is 0 Å². The Kier molecular flexibility index (Phi) is 5.81. The molecule has 0 aliphatic carbocycles. The van der Waals surface area contributed by atoms with Crippen molar-refractivity contribution in [2.45, 2.75) is 13.1 Å². The Balaban J connectivity index is 2.20. The summed E-state index contributed by atoms with van der Waals surface area (Å²) in [6.07, 6.45) is 0. The monoisotopic (exact) mass is 258 g/mol. The number of hydrogen-bond acceptors (Lipinski definition) is 5. The van der Waals surface area contributed by atoms with E-state index in [1.54, 1.807) is 0 Å². The van der Waals surface area contributed by atoms with E-state index < -0.39 is 48.6 Å². The van der Waals surface area contributed by atoms with E-state index in [4.69, 9.17) is 20.6 Å². The average molecular weight is 259 g/mol. The summed E-state index contributed by atoms with van der Waals surface area (Å²) < 4.78 is 26.9. The van der Waals surface area contributed by atoms with E-state index in [0.29, 0.717) is 0 Å². The van der Waals surface area contributed by atoms with Crippen LogP contribution < -0.4 is 0 Å². The third-order valence-corrected chi connectivity index (χ3v) is 10.1. The van der Waals surface area contributed by atoms with E-state index in [1.165, 1.54) is 0 Å². The van der Waals surface area contributed by atoms with Crippen LogP contribution in [0.5, 0.6) is 0 Å². The van der Waals surface area contributed by atoms with Crippen molar-refractivity contribution in [2.75, 3.05) is 0 Å². The lowest BCUT2D eigenvalue weighted by atomic mass is 11.9. The Bertz CT molecular complexity index is 114. The SMILES string of the molecule is C[SiH](C)O[SiH]1O[SiH2]O[SiH2]O[SiH2]O1. The second-order valence-electron chi connectivity index (χ2n) is 2.57. The lowest BCUT2D eigenvalue weighted by Gasteiger charge is -2.21. The fraction of sp³-hybridized carbons (Fsp3) is 1.00. The lowest BCUT2D eigenvalue weighted by molar-refractivity contribution is 0.265. The summed E-state index contributed by atoms with van der Waals surface area (Å²) in [7, 11) is -5.26. The molecule has 0 N–H and O–H groups in total. The molecule has 1 rings (SSSR count). The van der Waals surface area contributed by atoms with Crippen molar-refractivity contribution in [1.82, 2.24) is 0 Å². The molecule has 5 nitrogen and oxygen atoms in total. The Labute approximate surface area is 82.6 Å². The summed E-state index contributed by atoms with van der Waals surface area (Å²) in [6, 6.07) is 0. The predicted octanol–water partition coefficient (Wildman–Crippen LogP) is -3.22. The van der Waals surface area contributed by atoms with Gasteiger partial charge in [0.15, 0.2) is 9.04 Å². The first kappa shape index (κ1) is 11.0. The minimum atomic E-state index is -1.80. The smallest absolute Gasteiger partial charge is 0.425 e. The van der Waals surface area contributed by atoms with Gasteiger partial charge in [-0.2, -0.15) is 0 Å². The van der Waals surface area contributed by atoms with Crippen LogP contribution in [0.3, 0.4) is 0 Å². The van der Waals surface area contributed by atoms with Gasteiger partial charge in [0.1, 0.15) is 0 Å². The van der Waals surface area contributed by atoms with Crippen LogP contribution in [-0.2, 0) is 20.6 Å². The predicted molar refractivity (Wildman–Crippen MR) is 57.1 cm³/mol. The zero-order valence-corrected chi connectivity index (χ0v) is 13.9. The van der Waals surface area contributed by atoms with Gasteiger partial charge in [0.2, 0.25) is 0 Å². The van der Waals surface area contributed by atoms with Gasteiger partial charge in [-0.25, -0.2) is 0 Å². The van der Waals surface area contributed by atoms with Gasteiger partial charge in [-0.05, 0) is 13.1 Å². The molecule has 1 saturated heterocycles. The first-order chi connectivity index (χ1) is 5.79. The van der Waals surface area contributed by atoms with Gasteiger partial charge in [0, 0.05) is 0 Å². The third-order valence-electron chi connectivity index (χ3n) is 1.12. The summed E-state index contributed by atoms with van der Waals surface area (Å²) in [5.74, 6) is 0. The van der Waals surface area contributed by atoms with Crippen LogP contribution in [0.2, 0.25) is 13.1 Å². The number of rotatable bonds is 2. The molecule has 72 valence electrons. The fourth-order valence-electron chi connectivity index (χ4n) is 0.683. The van der Waals surface area contributed by atoms with Gasteiger partial charge < -0.3 is 20.6 Å². The van der Waals surface area contributed by atoms with E-state index in [9.17, 15) is 0 Å². The summed E-state index contributed by atoms with van der Waals surface area (Å²) in [5.41, 5.74) is 0. The van der Waals surface area contributed by atoms with Crippen molar-refractivity contribution in [3.05, 3.63) is 0 Å². The Hall–Kier alpha value is 0.884. The van der Waals surface area contributed by atoms with Gasteiger partial charge in [-0.1, -0.05) is 0 Å². The fourth-order valence-corrected chi connectivity index (χ4v) is 11.2. The molecular formula is C2H14O5Si5. The average Bonchev–Trinajstić information content (AvgIpc) is 1.93. The van der Waals surface area contributed by atoms with Crippen molar-refractivity contribution in [3.63, 3.8) is 0 Å². The van der Waals surface area contributed by atoms with E-state index in [0.717, 1.165) is 0 Å². The quantitative estimate of drug-likeness (QED) is 0.488. The van der Waals surface area contributed by atoms with Gasteiger partial charge in [-0.3, -0.25) is 0 Å². The molecule has 0 atom stereocenters. The molecule has 0 bridgehead atoms. The van der Waals surface area contributed by atoms with Gasteiger partial charge in [0.05, 0.1) is 0 Å². The van der Waals surface area contributed by atoms with Crippen molar-refractivity contribution in [3.8, 4) is 0 Å². The first-order valence-electron chi connectivity index (χ1n) is 3.83. The molecular weight excluding hydrogens is 244 g/mol. The zero-order valence-electron chi connectivity index (χ0n) is 7.32. The standard InChI is InChI=1S/C2H14O5Si5/c1-11(2)7-12-5-9-3-8-4-10-6-12/h11-12H,8-10H2,1-2H3. The maximum atomic E-state index is 5.58. The lowest BCUT2D eigenvalue weighted by Crippen LogP contribution is -2.38. The van der Waals surface area contributed by atoms with Gasteiger partial charge in [0.25, 0.3) is 30.0 Å². The summed E-state index contributed by atoms with van der Waals surface area (Å²) >= 11 is 0. The molecule has 0 amide bonds. The summed E-state index contributed by atoms with van der Waals surface area (Å²) in [6.45, 7) is 4.22. The topological polar surface area (TPSA) is 46.2 Å². The molecule has 12 heavy (non-hydrogen) atoms. The third kappa shape index (κ3) is 4.80. The van der Waals surface area contributed by atoms with Crippen molar-refractivity contribution in [1.29, 1.82) is 0 Å². The first-order valence-corrected chi connectivity index (χ1v) is 11.5. The molecule has 0 saturated carbocycles. The highest BCUT2D eigenvalue weighted by Crippen LogP contribution is 1.96. The van der Waals surface area contributed by atoms with Crippen LogP contribution in [0.1, 0.15) is 0 Å². The van der Waals surface area contributed by atoms with Crippen LogP contribution in [0.4, 0.5) is 0 Å². The molecule has 0 aromatic carbocycles. The van der Waals surface area contributed by atoms with Crippen LogP contribution >= 0.6 is 0 Å². The van der Waals surface area contributed by atoms with Crippen molar-refractivity contribution in [2.24, 2.45) is 0 Å². The molecule has 0 aromatic rings. The van der Waals surface area contributed by atoms with E-state index in [1.807, 2.05) is 0 Å². The molecule has 1 aliphatic heterocycles. The number of hydrogen-bond donors (Lipinski definition) is 0. The Morgan fingerprint density at radius 1 is 1.08 bits per heavy atom. The molecule has 0 spiro atoms. The van der Waals surface area contributed by atoms with Gasteiger partial charge in [-0.15, -0.1) is 0 Å².